The van der Waals surface area contributed by atoms with Crippen LogP contribution in [0.4, 0.5) is 0 Å². The minimum atomic E-state index is -3.78. The molecule has 0 saturated carbocycles. The normalized spacial score (nSPS) is 11.5. The Morgan fingerprint density at radius 3 is 1.23 bits per heavy atom. The fourth-order valence-corrected chi connectivity index (χ4v) is 9.78. The van der Waals surface area contributed by atoms with Gasteiger partial charge in [-0.3, -0.25) is 14.4 Å². The monoisotopic (exact) mass is 896 g/mol. The second kappa shape index (κ2) is 21.1. The van der Waals surface area contributed by atoms with Crippen molar-refractivity contribution in [3.63, 3.8) is 0 Å². The highest BCUT2D eigenvalue weighted by atomic mass is 35.5. The summed E-state index contributed by atoms with van der Waals surface area (Å²) >= 11 is 5.75. The summed E-state index contributed by atoms with van der Waals surface area (Å²) in [6.07, 6.45) is 9.22. The predicted octanol–water partition coefficient (Wildman–Crippen LogP) is 5.06. The molecule has 0 N–H and O–H groups in total. The van der Waals surface area contributed by atoms with Gasteiger partial charge >= 0.3 is 0 Å². The maximum atomic E-state index is 12.4. The Morgan fingerprint density at radius 1 is 0.500 bits per heavy atom. The molecule has 3 aromatic carbocycles. The van der Waals surface area contributed by atoms with Crippen LogP contribution in [0.3, 0.4) is 0 Å². The molecule has 0 aliphatic carbocycles. The zero-order valence-electron chi connectivity index (χ0n) is 33.4. The van der Waals surface area contributed by atoms with Crippen molar-refractivity contribution in [2.75, 3.05) is 0 Å². The van der Waals surface area contributed by atoms with Gasteiger partial charge in [0.15, 0.2) is 0 Å². The van der Waals surface area contributed by atoms with E-state index in [4.69, 9.17) is 11.6 Å². The molecule has 6 rings (SSSR count). The summed E-state index contributed by atoms with van der Waals surface area (Å²) in [5, 5.41) is -0.658. The molecule has 0 bridgehead atoms. The highest BCUT2D eigenvalue weighted by molar-refractivity contribution is 7.91. The van der Waals surface area contributed by atoms with E-state index >= 15 is 0 Å². The molecule has 318 valence electrons. The van der Waals surface area contributed by atoms with E-state index < -0.39 is 51.2 Å². The van der Waals surface area contributed by atoms with Gasteiger partial charge in [-0.05, 0) is 56.0 Å². The molecule has 60 heavy (non-hydrogen) atoms. The van der Waals surface area contributed by atoms with E-state index in [0.717, 1.165) is 12.0 Å². The second-order valence-electron chi connectivity index (χ2n) is 13.3. The van der Waals surface area contributed by atoms with Crippen LogP contribution in [0, 0.1) is 6.92 Å². The largest absolute Gasteiger partial charge is 0.312 e. The average Bonchev–Trinajstić information content (AvgIpc) is 3.21. The lowest BCUT2D eigenvalue weighted by atomic mass is 10.2. The third-order valence-electron chi connectivity index (χ3n) is 8.62. The van der Waals surface area contributed by atoms with E-state index in [0.29, 0.717) is 41.3 Å². The van der Waals surface area contributed by atoms with E-state index in [1.54, 1.807) is 80.6 Å². The Hall–Kier alpha value is -5.56. The first-order valence-corrected chi connectivity index (χ1v) is 23.9. The summed E-state index contributed by atoms with van der Waals surface area (Å²) in [5.41, 5.74) is 1.18. The Labute approximate surface area is 353 Å². The number of hydrogen-bond acceptors (Lipinski definition) is 12. The first-order valence-electron chi connectivity index (χ1n) is 18.6. The smallest absolute Gasteiger partial charge is 0.288 e. The topological polar surface area (TPSA) is 207 Å². The summed E-state index contributed by atoms with van der Waals surface area (Å²) in [6.45, 7) is 8.67. The number of rotatable bonds is 13. The number of aryl methyl sites for hydroxylation is 4. The maximum absolute atomic E-state index is 12.4. The van der Waals surface area contributed by atoms with Crippen LogP contribution in [-0.2, 0) is 66.4 Å². The van der Waals surface area contributed by atoms with Crippen molar-refractivity contribution in [3.8, 4) is 0 Å². The van der Waals surface area contributed by atoms with Crippen molar-refractivity contribution < 1.29 is 25.3 Å². The summed E-state index contributed by atoms with van der Waals surface area (Å²) in [7, 11) is -11.2. The van der Waals surface area contributed by atoms with Gasteiger partial charge in [-0.1, -0.05) is 90.8 Å². The number of benzene rings is 3. The Kier molecular flexibility index (Phi) is 16.6. The van der Waals surface area contributed by atoms with Crippen LogP contribution in [0.2, 0.25) is 5.02 Å². The quantitative estimate of drug-likeness (QED) is 0.149. The standard InChI is InChI=1S/C15H18N2O3S.C13H13ClN2O3S.C13H14N2O3S/c1-3-9-17-10-8-16-14(15(17)18)21(19,20)11-13-6-4-12(2)5-7-13;1-2-16-8-7-15-12(13(16)17)20(18,19)9-10-3-5-11(14)6-4-10;1-2-15-9-8-14-12(13(15)16)19(17,18)10-11-6-4-3-5-7-11/h4-8,10H,3,9,11H2,1-2H3;3-8H,2,9H2,1H3;3-9H,2,10H2,1H3. The molecule has 0 fully saturated rings. The molecule has 3 aromatic heterocycles. The van der Waals surface area contributed by atoms with Gasteiger partial charge in [-0.25, -0.2) is 40.2 Å². The van der Waals surface area contributed by atoms with Gasteiger partial charge in [0.1, 0.15) is 0 Å². The van der Waals surface area contributed by atoms with Gasteiger partial charge in [0.2, 0.25) is 44.6 Å². The molecule has 0 aliphatic heterocycles. The lowest BCUT2D eigenvalue weighted by molar-refractivity contribution is 0.577. The van der Waals surface area contributed by atoms with Crippen LogP contribution >= 0.6 is 11.6 Å². The molecule has 0 saturated heterocycles. The fraction of sp³-hybridized carbons (Fsp3) is 0.268. The number of nitrogens with zero attached hydrogens (tertiary/aromatic N) is 6. The van der Waals surface area contributed by atoms with Crippen LogP contribution in [-0.4, -0.2) is 53.9 Å². The molecule has 0 spiro atoms. The average molecular weight is 897 g/mol. The molecule has 0 amide bonds. The van der Waals surface area contributed by atoms with Gasteiger partial charge in [-0.15, -0.1) is 0 Å². The molecule has 0 radical (unpaired) electrons. The first-order chi connectivity index (χ1) is 28.4. The van der Waals surface area contributed by atoms with Crippen molar-refractivity contribution in [2.45, 2.75) is 86.1 Å². The third kappa shape index (κ3) is 12.7. The zero-order chi connectivity index (χ0) is 44.1. The van der Waals surface area contributed by atoms with Gasteiger partial charge in [0.25, 0.3) is 16.7 Å². The van der Waals surface area contributed by atoms with Crippen molar-refractivity contribution in [3.05, 3.63) is 174 Å². The highest BCUT2D eigenvalue weighted by Gasteiger charge is 2.24. The van der Waals surface area contributed by atoms with Crippen molar-refractivity contribution in [2.24, 2.45) is 0 Å². The predicted molar refractivity (Wildman–Crippen MR) is 229 cm³/mol. The van der Waals surface area contributed by atoms with Crippen LogP contribution in [0.15, 0.2) is 146 Å². The van der Waals surface area contributed by atoms with Crippen LogP contribution in [0.1, 0.15) is 49.4 Å². The molecule has 0 atom stereocenters. The lowest BCUT2D eigenvalue weighted by Crippen LogP contribution is -2.27. The zero-order valence-corrected chi connectivity index (χ0v) is 36.6. The van der Waals surface area contributed by atoms with Crippen molar-refractivity contribution in [1.82, 2.24) is 28.7 Å². The third-order valence-corrected chi connectivity index (χ3v) is 13.6. The summed E-state index contributed by atoms with van der Waals surface area (Å²) < 4.78 is 77.8. The Bertz CT molecular complexity index is 2900. The molecule has 0 aliphatic rings. The van der Waals surface area contributed by atoms with E-state index in [1.165, 1.54) is 50.9 Å². The Balaban J connectivity index is 0.000000199. The molecule has 0 unspecified atom stereocenters. The molecular weight excluding hydrogens is 852 g/mol. The molecule has 3 heterocycles. The first kappa shape index (κ1) is 47.1. The maximum Gasteiger partial charge on any atom is 0.288 e. The van der Waals surface area contributed by atoms with Crippen LogP contribution in [0.25, 0.3) is 0 Å². The van der Waals surface area contributed by atoms with E-state index in [1.807, 2.05) is 26.0 Å². The molecule has 19 heteroatoms. The van der Waals surface area contributed by atoms with Gasteiger partial charge in [-0.2, -0.15) is 0 Å². The molecular formula is C41H45ClN6O9S3. The van der Waals surface area contributed by atoms with Crippen LogP contribution < -0.4 is 16.7 Å². The van der Waals surface area contributed by atoms with Gasteiger partial charge in [0.05, 0.1) is 17.3 Å². The SMILES string of the molecule is CCCn1ccnc(S(=O)(=O)Cc2ccc(C)cc2)c1=O.CCn1ccnc(S(=O)(=O)Cc2ccc(Cl)cc2)c1=O.CCn1ccnc(S(=O)(=O)Cc2ccccc2)c1=O. The molecule has 6 aromatic rings. The van der Waals surface area contributed by atoms with E-state index in [2.05, 4.69) is 15.0 Å². The van der Waals surface area contributed by atoms with Crippen molar-refractivity contribution >= 4 is 41.1 Å². The Morgan fingerprint density at radius 2 is 0.850 bits per heavy atom. The van der Waals surface area contributed by atoms with Crippen molar-refractivity contribution in [1.29, 1.82) is 0 Å². The van der Waals surface area contributed by atoms with Crippen LogP contribution in [0.5, 0.6) is 0 Å². The number of halogens is 1. The number of aromatic nitrogens is 6. The minimum absolute atomic E-state index is 0.217. The summed E-state index contributed by atoms with van der Waals surface area (Å²) in [6, 6.07) is 22.4. The van der Waals surface area contributed by atoms with Gasteiger partial charge < -0.3 is 13.7 Å². The van der Waals surface area contributed by atoms with E-state index in [-0.39, 0.29) is 27.3 Å². The van der Waals surface area contributed by atoms with E-state index in [9.17, 15) is 39.6 Å². The van der Waals surface area contributed by atoms with Gasteiger partial charge in [0, 0.05) is 61.8 Å². The lowest BCUT2D eigenvalue weighted by Gasteiger charge is -2.07. The minimum Gasteiger partial charge on any atom is -0.312 e. The summed E-state index contributed by atoms with van der Waals surface area (Å²) in [4.78, 5) is 47.4. The number of sulfone groups is 3. The second-order valence-corrected chi connectivity index (χ2v) is 19.4. The fourth-order valence-electron chi connectivity index (χ4n) is 5.54. The molecule has 15 nitrogen and oxygen atoms in total. The summed E-state index contributed by atoms with van der Waals surface area (Å²) in [5.74, 6) is -0.713. The number of hydrogen-bond donors (Lipinski definition) is 0. The highest BCUT2D eigenvalue weighted by Crippen LogP contribution is 2.16.